The molecule has 6 heteroatoms. The Morgan fingerprint density at radius 1 is 1.61 bits per heavy atom. The fourth-order valence-corrected chi connectivity index (χ4v) is 1.83. The molecule has 0 atom stereocenters. The third-order valence-electron chi connectivity index (χ3n) is 3.15. The van der Waals surface area contributed by atoms with E-state index in [1.807, 2.05) is 13.0 Å². The summed E-state index contributed by atoms with van der Waals surface area (Å²) in [5, 5.41) is 10.2. The van der Waals surface area contributed by atoms with Gasteiger partial charge in [0.05, 0.1) is 13.2 Å². The zero-order valence-electron chi connectivity index (χ0n) is 11.1. The second-order valence-electron chi connectivity index (χ2n) is 5.16. The Labute approximate surface area is 107 Å². The standard InChI is InChI=1S/C12H20N4O2/c1-9-4-10(14-6-12(2)7-18-8-12)15-16(9)5-11(17)13-3/h4H,5-8H2,1-3H3,(H,13,17)(H,14,15). The van der Waals surface area contributed by atoms with Crippen LogP contribution in [0.25, 0.3) is 0 Å². The predicted molar refractivity (Wildman–Crippen MR) is 68.4 cm³/mol. The van der Waals surface area contributed by atoms with Crippen LogP contribution in [0, 0.1) is 12.3 Å². The van der Waals surface area contributed by atoms with Gasteiger partial charge in [0, 0.05) is 30.8 Å². The molecule has 2 heterocycles. The molecule has 0 aromatic carbocycles. The Morgan fingerprint density at radius 3 is 2.89 bits per heavy atom. The molecule has 1 saturated heterocycles. The number of carbonyl (C=O) groups excluding carboxylic acids is 1. The molecule has 1 amide bonds. The third-order valence-corrected chi connectivity index (χ3v) is 3.15. The third kappa shape index (κ3) is 2.81. The van der Waals surface area contributed by atoms with Gasteiger partial charge in [-0.1, -0.05) is 6.92 Å². The van der Waals surface area contributed by atoms with Crippen LogP contribution in [0.1, 0.15) is 12.6 Å². The zero-order valence-corrected chi connectivity index (χ0v) is 11.1. The SMILES string of the molecule is CNC(=O)Cn1nc(NCC2(C)COC2)cc1C. The van der Waals surface area contributed by atoms with Crippen molar-refractivity contribution in [3.05, 3.63) is 11.8 Å². The molecule has 1 aliphatic heterocycles. The van der Waals surface area contributed by atoms with Gasteiger partial charge >= 0.3 is 0 Å². The smallest absolute Gasteiger partial charge is 0.241 e. The topological polar surface area (TPSA) is 68.2 Å². The molecule has 1 fully saturated rings. The molecule has 18 heavy (non-hydrogen) atoms. The molecule has 1 aromatic heterocycles. The van der Waals surface area contributed by atoms with Gasteiger partial charge in [-0.15, -0.1) is 0 Å². The molecule has 1 aromatic rings. The summed E-state index contributed by atoms with van der Waals surface area (Å²) in [5.74, 6) is 0.761. The minimum Gasteiger partial charge on any atom is -0.380 e. The summed E-state index contributed by atoms with van der Waals surface area (Å²) in [6, 6.07) is 1.95. The van der Waals surface area contributed by atoms with Gasteiger partial charge in [-0.25, -0.2) is 0 Å². The molecule has 0 spiro atoms. The molecule has 6 nitrogen and oxygen atoms in total. The second kappa shape index (κ2) is 4.97. The number of carbonyl (C=O) groups is 1. The summed E-state index contributed by atoms with van der Waals surface area (Å²) in [5.41, 5.74) is 1.18. The van der Waals surface area contributed by atoms with Crippen molar-refractivity contribution in [1.82, 2.24) is 15.1 Å². The number of aryl methyl sites for hydroxylation is 1. The van der Waals surface area contributed by atoms with E-state index in [9.17, 15) is 4.79 Å². The summed E-state index contributed by atoms with van der Waals surface area (Å²) >= 11 is 0. The maximum absolute atomic E-state index is 11.3. The van der Waals surface area contributed by atoms with Crippen LogP contribution >= 0.6 is 0 Å². The first-order valence-electron chi connectivity index (χ1n) is 6.09. The van der Waals surface area contributed by atoms with E-state index in [1.165, 1.54) is 0 Å². The van der Waals surface area contributed by atoms with Crippen molar-refractivity contribution >= 4 is 11.7 Å². The Kier molecular flexibility index (Phi) is 3.56. The summed E-state index contributed by atoms with van der Waals surface area (Å²) in [6.45, 7) is 6.79. The van der Waals surface area contributed by atoms with Crippen LogP contribution in [0.4, 0.5) is 5.82 Å². The van der Waals surface area contributed by atoms with Crippen LogP contribution in [-0.2, 0) is 16.1 Å². The highest BCUT2D eigenvalue weighted by Gasteiger charge is 2.33. The number of hydrogen-bond acceptors (Lipinski definition) is 4. The molecule has 1 aliphatic rings. The predicted octanol–water partition coefficient (Wildman–Crippen LogP) is 0.386. The van der Waals surface area contributed by atoms with Crippen molar-refractivity contribution in [2.45, 2.75) is 20.4 Å². The number of nitrogens with one attached hydrogen (secondary N) is 2. The molecular formula is C12H20N4O2. The van der Waals surface area contributed by atoms with Gasteiger partial charge in [-0.2, -0.15) is 5.10 Å². The molecule has 0 bridgehead atoms. The number of amides is 1. The van der Waals surface area contributed by atoms with Gasteiger partial charge in [-0.3, -0.25) is 9.48 Å². The van der Waals surface area contributed by atoms with E-state index in [0.29, 0.717) is 0 Å². The molecule has 0 aliphatic carbocycles. The van der Waals surface area contributed by atoms with Gasteiger partial charge < -0.3 is 15.4 Å². The fourth-order valence-electron chi connectivity index (χ4n) is 1.83. The van der Waals surface area contributed by atoms with Crippen LogP contribution in [0.5, 0.6) is 0 Å². The minimum atomic E-state index is -0.0490. The minimum absolute atomic E-state index is 0.0490. The largest absolute Gasteiger partial charge is 0.380 e. The van der Waals surface area contributed by atoms with Crippen molar-refractivity contribution in [3.63, 3.8) is 0 Å². The number of nitrogens with zero attached hydrogens (tertiary/aromatic N) is 2. The maximum atomic E-state index is 11.3. The van der Waals surface area contributed by atoms with Gasteiger partial charge in [0.25, 0.3) is 0 Å². The quantitative estimate of drug-likeness (QED) is 0.795. The summed E-state index contributed by atoms with van der Waals surface area (Å²) in [6.07, 6.45) is 0. The van der Waals surface area contributed by atoms with E-state index in [0.717, 1.165) is 31.3 Å². The number of aromatic nitrogens is 2. The summed E-state index contributed by atoms with van der Waals surface area (Å²) in [4.78, 5) is 11.3. The highest BCUT2D eigenvalue weighted by Crippen LogP contribution is 2.26. The van der Waals surface area contributed by atoms with Crippen molar-refractivity contribution in [2.24, 2.45) is 5.41 Å². The van der Waals surface area contributed by atoms with E-state index in [1.54, 1.807) is 11.7 Å². The number of anilines is 1. The van der Waals surface area contributed by atoms with Gasteiger partial charge in [0.15, 0.2) is 0 Å². The molecule has 0 unspecified atom stereocenters. The Hall–Kier alpha value is -1.56. The highest BCUT2D eigenvalue weighted by atomic mass is 16.5. The molecular weight excluding hydrogens is 232 g/mol. The first kappa shape index (κ1) is 12.9. The molecule has 0 saturated carbocycles. The molecule has 2 N–H and O–H groups in total. The van der Waals surface area contributed by atoms with E-state index >= 15 is 0 Å². The van der Waals surface area contributed by atoms with Crippen LogP contribution in [0.3, 0.4) is 0 Å². The van der Waals surface area contributed by atoms with E-state index in [-0.39, 0.29) is 17.9 Å². The number of ether oxygens (including phenoxy) is 1. The summed E-state index contributed by atoms with van der Waals surface area (Å²) in [7, 11) is 1.62. The van der Waals surface area contributed by atoms with E-state index in [2.05, 4.69) is 22.7 Å². The molecule has 100 valence electrons. The Morgan fingerprint density at radius 2 is 2.33 bits per heavy atom. The summed E-state index contributed by atoms with van der Waals surface area (Å²) < 4.78 is 6.90. The van der Waals surface area contributed by atoms with Crippen molar-refractivity contribution in [1.29, 1.82) is 0 Å². The molecule has 2 rings (SSSR count). The van der Waals surface area contributed by atoms with Crippen molar-refractivity contribution in [2.75, 3.05) is 32.1 Å². The Bertz CT molecular complexity index is 437. The lowest BCUT2D eigenvalue weighted by molar-refractivity contribution is -0.121. The van der Waals surface area contributed by atoms with Crippen LogP contribution in [0.2, 0.25) is 0 Å². The number of hydrogen-bond donors (Lipinski definition) is 2. The lowest BCUT2D eigenvalue weighted by Gasteiger charge is -2.38. The van der Waals surface area contributed by atoms with Crippen molar-refractivity contribution < 1.29 is 9.53 Å². The molecule has 0 radical (unpaired) electrons. The monoisotopic (exact) mass is 252 g/mol. The van der Waals surface area contributed by atoms with Gasteiger partial charge in [0.2, 0.25) is 5.91 Å². The highest BCUT2D eigenvalue weighted by molar-refractivity contribution is 5.75. The fraction of sp³-hybridized carbons (Fsp3) is 0.667. The van der Waals surface area contributed by atoms with Gasteiger partial charge in [-0.05, 0) is 6.92 Å². The first-order chi connectivity index (χ1) is 8.52. The Balaban J connectivity index is 1.93. The first-order valence-corrected chi connectivity index (χ1v) is 6.09. The number of rotatable bonds is 5. The number of likely N-dealkylation sites (N-methyl/N-ethyl adjacent to an activating group) is 1. The van der Waals surface area contributed by atoms with Crippen LogP contribution in [0.15, 0.2) is 6.07 Å². The maximum Gasteiger partial charge on any atom is 0.241 e. The lowest BCUT2D eigenvalue weighted by atomic mass is 9.89. The zero-order chi connectivity index (χ0) is 13.2. The average molecular weight is 252 g/mol. The van der Waals surface area contributed by atoms with E-state index in [4.69, 9.17) is 4.74 Å². The average Bonchev–Trinajstić information content (AvgIpc) is 2.65. The van der Waals surface area contributed by atoms with Gasteiger partial charge in [0.1, 0.15) is 12.4 Å². The lowest BCUT2D eigenvalue weighted by Crippen LogP contribution is -2.45. The van der Waals surface area contributed by atoms with Crippen LogP contribution < -0.4 is 10.6 Å². The second-order valence-corrected chi connectivity index (χ2v) is 5.16. The van der Waals surface area contributed by atoms with Crippen molar-refractivity contribution in [3.8, 4) is 0 Å². The van der Waals surface area contributed by atoms with Crippen LogP contribution in [-0.4, -0.2) is 42.5 Å². The normalized spacial score (nSPS) is 17.1. The van der Waals surface area contributed by atoms with E-state index < -0.39 is 0 Å².